The summed E-state index contributed by atoms with van der Waals surface area (Å²) < 4.78 is 17.2. The van der Waals surface area contributed by atoms with E-state index in [9.17, 15) is 53.7 Å². The molecule has 0 radical (unpaired) electrons. The summed E-state index contributed by atoms with van der Waals surface area (Å²) in [5.41, 5.74) is 12.1. The minimum atomic E-state index is -1.78. The molecule has 1 fully saturated rings. The number of hydrogen-bond donors (Lipinski definition) is 7. The van der Waals surface area contributed by atoms with Crippen LogP contribution < -0.4 is 22.1 Å². The molecule has 0 aromatic heterocycles. The normalized spacial score (nSPS) is 21.2. The van der Waals surface area contributed by atoms with E-state index in [0.29, 0.717) is 35.1 Å². The average molecular weight is 916 g/mol. The maximum Gasteiger partial charge on any atom is 0.328 e. The van der Waals surface area contributed by atoms with Crippen molar-refractivity contribution in [2.45, 2.75) is 173 Å². The van der Waals surface area contributed by atoms with E-state index >= 15 is 0 Å². The third kappa shape index (κ3) is 16.1. The highest BCUT2D eigenvalue weighted by Crippen LogP contribution is 2.30. The lowest BCUT2D eigenvalue weighted by atomic mass is 9.82. The lowest BCUT2D eigenvalue weighted by Crippen LogP contribution is -2.66. The number of esters is 1. The lowest BCUT2D eigenvalue weighted by molar-refractivity contribution is -0.269. The maximum atomic E-state index is 13.4. The molecule has 9 N–H and O–H groups in total. The number of ether oxygens (including phenoxy) is 3. The summed E-state index contributed by atoms with van der Waals surface area (Å²) in [4.78, 5) is 103. The number of amides is 4. The number of nitrogens with two attached hydrogens (primary N) is 2. The van der Waals surface area contributed by atoms with Crippen LogP contribution in [0, 0.1) is 5.92 Å². The molecule has 0 bridgehead atoms. The van der Waals surface area contributed by atoms with Gasteiger partial charge in [-0.15, -0.1) is 0 Å². The molecule has 0 spiro atoms. The van der Waals surface area contributed by atoms with E-state index in [0.717, 1.165) is 43.9 Å². The first kappa shape index (κ1) is 54.3. The summed E-state index contributed by atoms with van der Waals surface area (Å²) in [5, 5.41) is 37.0. The van der Waals surface area contributed by atoms with Gasteiger partial charge in [0.2, 0.25) is 23.6 Å². The fourth-order valence-corrected chi connectivity index (χ4v) is 8.01. The molecule has 1 heterocycles. The van der Waals surface area contributed by atoms with Crippen molar-refractivity contribution in [1.82, 2.24) is 15.5 Å². The summed E-state index contributed by atoms with van der Waals surface area (Å²) in [6, 6.07) is 3.07. The molecule has 2 aliphatic rings. The van der Waals surface area contributed by atoms with Gasteiger partial charge in [0.15, 0.2) is 17.9 Å². The number of aliphatic hydroxyl groups excluding tert-OH is 2. The number of carbonyl (C=O) groups is 8. The smallest absolute Gasteiger partial charge is 0.328 e. The Morgan fingerprint density at radius 2 is 1.52 bits per heavy atom. The average Bonchev–Trinajstić information content (AvgIpc) is 3.22. The number of carboxylic acids is 1. The summed E-state index contributed by atoms with van der Waals surface area (Å²) in [5.74, 6) is -4.98. The number of ketones is 2. The molecule has 4 amide bonds. The quantitative estimate of drug-likeness (QED) is 0.0518. The zero-order valence-electron chi connectivity index (χ0n) is 38.6. The van der Waals surface area contributed by atoms with Crippen LogP contribution in [0.15, 0.2) is 35.4 Å². The van der Waals surface area contributed by atoms with Gasteiger partial charge in [-0.05, 0) is 65.7 Å². The number of primary amides is 1. The van der Waals surface area contributed by atoms with Crippen molar-refractivity contribution in [1.29, 1.82) is 0 Å². The fraction of sp³-hybridized carbons (Fsp3) is 0.652. The molecule has 19 nitrogen and oxygen atoms in total. The second kappa shape index (κ2) is 25.0. The van der Waals surface area contributed by atoms with Crippen molar-refractivity contribution in [2.75, 3.05) is 13.2 Å². The van der Waals surface area contributed by atoms with Crippen LogP contribution in [0.3, 0.4) is 0 Å². The van der Waals surface area contributed by atoms with Gasteiger partial charge in [-0.3, -0.25) is 33.6 Å². The highest BCUT2D eigenvalue weighted by molar-refractivity contribution is 6.26. The van der Waals surface area contributed by atoms with Gasteiger partial charge in [-0.1, -0.05) is 63.8 Å². The lowest BCUT2D eigenvalue weighted by Gasteiger charge is -2.44. The molecule has 19 heteroatoms. The Balaban J connectivity index is 1.56. The van der Waals surface area contributed by atoms with Gasteiger partial charge in [-0.2, -0.15) is 0 Å². The summed E-state index contributed by atoms with van der Waals surface area (Å²) in [6.45, 7) is 9.86. The number of Topliss-reactive ketones (excluding diaryl/α,β-unsaturated/α-hetero) is 2. The Bertz CT molecular complexity index is 1910. The van der Waals surface area contributed by atoms with Crippen LogP contribution in [0.4, 0.5) is 0 Å². The molecule has 8 atom stereocenters. The number of nitrogens with zero attached hydrogens (tertiary/aromatic N) is 1. The number of nitrogens with one attached hydrogen (secondary N) is 2. The molecule has 1 aromatic rings. The van der Waals surface area contributed by atoms with E-state index in [-0.39, 0.29) is 49.2 Å². The predicted molar refractivity (Wildman–Crippen MR) is 236 cm³/mol. The van der Waals surface area contributed by atoms with Gasteiger partial charge in [0.1, 0.15) is 43.0 Å². The van der Waals surface area contributed by atoms with Crippen LogP contribution in [0.25, 0.3) is 0 Å². The highest BCUT2D eigenvalue weighted by atomic mass is 16.6. The molecule has 1 unspecified atom stereocenters. The van der Waals surface area contributed by atoms with E-state index in [4.69, 9.17) is 25.7 Å². The van der Waals surface area contributed by atoms with E-state index in [1.807, 2.05) is 13.8 Å². The van der Waals surface area contributed by atoms with Crippen LogP contribution in [0.2, 0.25) is 0 Å². The number of aliphatic carboxylic acids is 1. The fourth-order valence-electron chi connectivity index (χ4n) is 8.01. The molecule has 3 rings (SSSR count). The highest BCUT2D eigenvalue weighted by Gasteiger charge is 2.48. The van der Waals surface area contributed by atoms with Crippen molar-refractivity contribution in [3.05, 3.63) is 46.5 Å². The monoisotopic (exact) mass is 915 g/mol. The van der Waals surface area contributed by atoms with Gasteiger partial charge in [0.05, 0.1) is 11.6 Å². The minimum Gasteiger partial charge on any atom is -0.481 e. The molecule has 362 valence electrons. The van der Waals surface area contributed by atoms with Gasteiger partial charge >= 0.3 is 11.9 Å². The Morgan fingerprint density at radius 1 is 0.923 bits per heavy atom. The topological polar surface area (TPSA) is 304 Å². The molecule has 1 aliphatic carbocycles. The van der Waals surface area contributed by atoms with Crippen LogP contribution >= 0.6 is 0 Å². The number of allylic oxidation sites excluding steroid dienone is 2. The predicted octanol–water partition coefficient (Wildman–Crippen LogP) is 2.22. The number of unbranched alkanes of at least 4 members (excludes halogenated alkanes) is 5. The number of hydrogen-bond acceptors (Lipinski definition) is 14. The van der Waals surface area contributed by atoms with E-state index < -0.39 is 97.1 Å². The van der Waals surface area contributed by atoms with Crippen molar-refractivity contribution in [3.8, 4) is 0 Å². The van der Waals surface area contributed by atoms with Crippen molar-refractivity contribution in [3.63, 3.8) is 0 Å². The molecule has 65 heavy (non-hydrogen) atoms. The second-order valence-electron chi connectivity index (χ2n) is 18.0. The summed E-state index contributed by atoms with van der Waals surface area (Å²) >= 11 is 0. The Kier molecular flexibility index (Phi) is 20.9. The third-order valence-electron chi connectivity index (χ3n) is 11.3. The first-order valence-corrected chi connectivity index (χ1v) is 22.3. The summed E-state index contributed by atoms with van der Waals surface area (Å²) in [6.07, 6.45) is -2.58. The Hall–Kier alpha value is -5.08. The van der Waals surface area contributed by atoms with Gasteiger partial charge in [-0.25, -0.2) is 4.79 Å². The Labute approximate surface area is 380 Å². The zero-order valence-corrected chi connectivity index (χ0v) is 38.6. The molecular weight excluding hydrogens is 847 g/mol. The zero-order chi connectivity index (χ0) is 48.8. The SMILES string of the molecule is CC(=O)N[C@@H]1[C@@H](OC(C)CN(C(=O)C(C)(C)N)[C@H](CCC(=O)O)C(N)=O)[C@H](O)[C@@H](COC(=O)[C@H](CC(C)C)NC(=O)CCCCCCCCC2=C(C)C(=O)c3ccccc3C2=O)O[C@@H]1O. The first-order valence-electron chi connectivity index (χ1n) is 22.3. The molecule has 1 aromatic carbocycles. The third-order valence-corrected chi connectivity index (χ3v) is 11.3. The first-order chi connectivity index (χ1) is 30.4. The number of aliphatic hydroxyl groups is 2. The van der Waals surface area contributed by atoms with E-state index in [2.05, 4.69) is 10.6 Å². The van der Waals surface area contributed by atoms with Gasteiger partial charge in [0, 0.05) is 48.6 Å². The molecular formula is C46H69N5O14. The van der Waals surface area contributed by atoms with Crippen LogP contribution in [-0.2, 0) is 43.0 Å². The van der Waals surface area contributed by atoms with Gasteiger partial charge in [0.25, 0.3) is 0 Å². The number of carboxylic acid groups (broad SMARTS) is 1. The van der Waals surface area contributed by atoms with Crippen molar-refractivity contribution in [2.24, 2.45) is 17.4 Å². The van der Waals surface area contributed by atoms with Gasteiger partial charge < -0.3 is 56.5 Å². The number of carbonyl (C=O) groups excluding carboxylic acids is 7. The molecule has 1 aliphatic heterocycles. The second-order valence-corrected chi connectivity index (χ2v) is 18.0. The number of benzene rings is 1. The Morgan fingerprint density at radius 3 is 2.09 bits per heavy atom. The standard InChI is InChI=1S/C46H69N5O14/c1-25(2)22-32(50-35(53)19-13-11-9-8-10-12-16-29-27(4)38(56)30-17-14-15-18-31(30)39(29)57)43(60)63-24-34-40(58)41(37(44(61)65-34)49-28(5)52)64-26(3)23-51(45(62)46(6,7)48)33(42(47)59)20-21-36(54)55/h14-15,17-18,25-26,32-34,37,40-41,44,58,61H,8-13,16,19-24,48H2,1-7H3,(H2,47,59)(H,49,52)(H,50,53)(H,54,55)/t26?,32-,33+,34+,37+,40+,41+,44-/m0/s1. The summed E-state index contributed by atoms with van der Waals surface area (Å²) in [7, 11) is 0. The van der Waals surface area contributed by atoms with Crippen molar-refractivity contribution < 1.29 is 67.9 Å². The largest absolute Gasteiger partial charge is 0.481 e. The minimum absolute atomic E-state index is 0.0326. The van der Waals surface area contributed by atoms with Crippen molar-refractivity contribution >= 4 is 47.1 Å². The maximum absolute atomic E-state index is 13.4. The van der Waals surface area contributed by atoms with E-state index in [1.165, 1.54) is 20.8 Å². The number of fused-ring (bicyclic) bond motifs is 1. The van der Waals surface area contributed by atoms with Crippen LogP contribution in [0.1, 0.15) is 140 Å². The number of rotatable bonds is 26. The molecule has 0 saturated carbocycles. The van der Waals surface area contributed by atoms with Crippen LogP contribution in [0.5, 0.6) is 0 Å². The van der Waals surface area contributed by atoms with E-state index in [1.54, 1.807) is 31.2 Å². The molecule has 1 saturated heterocycles. The van der Waals surface area contributed by atoms with Crippen LogP contribution in [-0.4, -0.2) is 135 Å².